The Bertz CT molecular complexity index is 3170. The number of hydrogen-bond acceptors (Lipinski definition) is 6. The predicted molar refractivity (Wildman–Crippen MR) is 223 cm³/mol. The van der Waals surface area contributed by atoms with Crippen LogP contribution in [-0.4, -0.2) is 29.5 Å². The monoisotopic (exact) mass is 832 g/mol. The Morgan fingerprint density at radius 3 is 0.952 bits per heavy atom. The Hall–Kier alpha value is -8.00. The number of hydrogen-bond donors (Lipinski definition) is 0. The van der Waals surface area contributed by atoms with Crippen LogP contribution in [0, 0.1) is 0 Å². The standard InChI is InChI=1S/C48H26F6N6O2/c49-47(50,51)29-21-17-27(18-22-29)43-55-57-45(61-43)35-25-41(59-37-13-5-1-9-31(37)32-10-2-6-14-38(32)59)42(60-39-15-7-3-11-33(39)34-12-4-8-16-40(34)60)26-36(35)46-58-56-44(62-46)28-19-23-30(24-20-28)48(52,53)54/h1-26H. The van der Waals surface area contributed by atoms with Crippen LogP contribution in [-0.2, 0) is 12.4 Å². The van der Waals surface area contributed by atoms with Gasteiger partial charge in [0, 0.05) is 32.7 Å². The van der Waals surface area contributed by atoms with Crippen molar-refractivity contribution >= 4 is 43.6 Å². The van der Waals surface area contributed by atoms with Crippen LogP contribution in [0.1, 0.15) is 11.1 Å². The molecule has 4 heterocycles. The Morgan fingerprint density at radius 2 is 0.645 bits per heavy atom. The molecule has 8 nitrogen and oxygen atoms in total. The number of halogens is 6. The minimum atomic E-state index is -4.54. The molecule has 0 unspecified atom stereocenters. The second kappa shape index (κ2) is 13.8. The fourth-order valence-corrected chi connectivity index (χ4v) is 8.15. The molecule has 0 amide bonds. The molecule has 11 aromatic rings. The van der Waals surface area contributed by atoms with Crippen LogP contribution < -0.4 is 0 Å². The summed E-state index contributed by atoms with van der Waals surface area (Å²) in [6.07, 6.45) is -9.09. The Morgan fingerprint density at radius 1 is 0.355 bits per heavy atom. The number of alkyl halides is 6. The minimum Gasteiger partial charge on any atom is -0.416 e. The molecule has 302 valence electrons. The van der Waals surface area contributed by atoms with Crippen molar-refractivity contribution in [1.82, 2.24) is 29.5 Å². The highest BCUT2D eigenvalue weighted by molar-refractivity contribution is 6.12. The first kappa shape index (κ1) is 37.0. The average Bonchev–Trinajstić information content (AvgIpc) is 4.10. The second-order valence-corrected chi connectivity index (χ2v) is 14.6. The lowest BCUT2D eigenvalue weighted by Gasteiger charge is -2.19. The van der Waals surface area contributed by atoms with Crippen molar-refractivity contribution in [3.63, 3.8) is 0 Å². The number of rotatable bonds is 6. The van der Waals surface area contributed by atoms with Crippen LogP contribution in [0.5, 0.6) is 0 Å². The molecule has 0 aliphatic rings. The van der Waals surface area contributed by atoms with E-state index in [1.54, 1.807) is 0 Å². The van der Waals surface area contributed by atoms with E-state index in [-0.39, 0.29) is 34.7 Å². The molecule has 0 aliphatic heterocycles. The first-order valence-corrected chi connectivity index (χ1v) is 19.2. The van der Waals surface area contributed by atoms with Crippen molar-refractivity contribution < 1.29 is 35.2 Å². The lowest BCUT2D eigenvalue weighted by molar-refractivity contribution is -0.138. The van der Waals surface area contributed by atoms with Crippen LogP contribution in [0.25, 0.3) is 101 Å². The molecule has 0 N–H and O–H groups in total. The zero-order valence-corrected chi connectivity index (χ0v) is 31.8. The molecule has 0 saturated heterocycles. The minimum absolute atomic E-state index is 0.0139. The molecule has 0 atom stereocenters. The number of aromatic nitrogens is 6. The van der Waals surface area contributed by atoms with Gasteiger partial charge in [-0.05, 0) is 84.9 Å². The van der Waals surface area contributed by atoms with Crippen molar-refractivity contribution in [2.45, 2.75) is 12.4 Å². The van der Waals surface area contributed by atoms with Crippen molar-refractivity contribution in [3.05, 3.63) is 169 Å². The van der Waals surface area contributed by atoms with Crippen LogP contribution in [0.4, 0.5) is 26.3 Å². The van der Waals surface area contributed by atoms with Gasteiger partial charge in [-0.25, -0.2) is 0 Å². The van der Waals surface area contributed by atoms with Crippen molar-refractivity contribution in [3.8, 4) is 57.2 Å². The third-order valence-corrected chi connectivity index (χ3v) is 11.0. The smallest absolute Gasteiger partial charge is 0.416 e. The first-order chi connectivity index (χ1) is 30.0. The van der Waals surface area contributed by atoms with E-state index in [0.29, 0.717) is 22.5 Å². The van der Waals surface area contributed by atoms with Gasteiger partial charge in [-0.3, -0.25) is 0 Å². The van der Waals surface area contributed by atoms with E-state index in [0.717, 1.165) is 67.9 Å². The second-order valence-electron chi connectivity index (χ2n) is 14.6. The third kappa shape index (κ3) is 6.01. The first-order valence-electron chi connectivity index (χ1n) is 19.2. The number of para-hydroxylation sites is 4. The van der Waals surface area contributed by atoms with Gasteiger partial charge < -0.3 is 18.0 Å². The molecule has 0 aliphatic carbocycles. The van der Waals surface area contributed by atoms with Gasteiger partial charge in [0.1, 0.15) is 0 Å². The van der Waals surface area contributed by atoms with Crippen molar-refractivity contribution in [2.24, 2.45) is 0 Å². The zero-order chi connectivity index (χ0) is 42.3. The van der Waals surface area contributed by atoms with E-state index < -0.39 is 23.5 Å². The summed E-state index contributed by atoms with van der Waals surface area (Å²) in [5, 5.41) is 21.3. The number of benzene rings is 7. The van der Waals surface area contributed by atoms with Gasteiger partial charge in [0.2, 0.25) is 23.6 Å². The molecule has 0 fully saturated rings. The Kier molecular flexibility index (Phi) is 8.23. The fraction of sp³-hybridized carbons (Fsp3) is 0.0417. The molecular weight excluding hydrogens is 807 g/mol. The van der Waals surface area contributed by atoms with E-state index in [9.17, 15) is 26.3 Å². The summed E-state index contributed by atoms with van der Waals surface area (Å²) in [6, 6.07) is 44.6. The third-order valence-electron chi connectivity index (χ3n) is 11.0. The summed E-state index contributed by atoms with van der Waals surface area (Å²) in [5.74, 6) is -0.110. The maximum Gasteiger partial charge on any atom is 0.416 e. The Balaban J connectivity index is 1.21. The van der Waals surface area contributed by atoms with Crippen molar-refractivity contribution in [2.75, 3.05) is 0 Å². The highest BCUT2D eigenvalue weighted by Crippen LogP contribution is 2.44. The highest BCUT2D eigenvalue weighted by Gasteiger charge is 2.32. The molecule has 11 rings (SSSR count). The summed E-state index contributed by atoms with van der Waals surface area (Å²) in [4.78, 5) is 0. The molecule has 4 aromatic heterocycles. The van der Waals surface area contributed by atoms with Gasteiger partial charge in [0.05, 0.1) is 55.7 Å². The highest BCUT2D eigenvalue weighted by atomic mass is 19.4. The van der Waals surface area contributed by atoms with Crippen LogP contribution in [0.3, 0.4) is 0 Å². The molecule has 0 spiro atoms. The maximum absolute atomic E-state index is 13.5. The summed E-state index contributed by atoms with van der Waals surface area (Å²) in [5.41, 5.74) is 4.46. The van der Waals surface area contributed by atoms with E-state index in [4.69, 9.17) is 8.83 Å². The van der Waals surface area contributed by atoms with Gasteiger partial charge >= 0.3 is 12.4 Å². The van der Waals surface area contributed by atoms with Crippen molar-refractivity contribution in [1.29, 1.82) is 0 Å². The summed E-state index contributed by atoms with van der Waals surface area (Å²) < 4.78 is 97.6. The number of fused-ring (bicyclic) bond motifs is 6. The molecule has 0 bridgehead atoms. The Labute approximate surface area is 345 Å². The average molecular weight is 833 g/mol. The van der Waals surface area contributed by atoms with E-state index in [1.807, 2.05) is 84.9 Å². The van der Waals surface area contributed by atoms with E-state index in [1.165, 1.54) is 24.3 Å². The summed E-state index contributed by atoms with van der Waals surface area (Å²) in [7, 11) is 0. The maximum atomic E-state index is 13.5. The van der Waals surface area contributed by atoms with Gasteiger partial charge in [0.25, 0.3) is 0 Å². The van der Waals surface area contributed by atoms with Crippen LogP contribution >= 0.6 is 0 Å². The molecular formula is C48H26F6N6O2. The normalized spacial score (nSPS) is 12.4. The molecule has 0 radical (unpaired) electrons. The molecule has 0 saturated carbocycles. The van der Waals surface area contributed by atoms with Crippen LogP contribution in [0.2, 0.25) is 0 Å². The molecule has 7 aromatic carbocycles. The molecule has 14 heteroatoms. The molecule has 62 heavy (non-hydrogen) atoms. The quantitative estimate of drug-likeness (QED) is 0.155. The van der Waals surface area contributed by atoms with Gasteiger partial charge in [-0.15, -0.1) is 20.4 Å². The topological polar surface area (TPSA) is 87.7 Å². The lowest BCUT2D eigenvalue weighted by atomic mass is 10.0. The summed E-state index contributed by atoms with van der Waals surface area (Å²) >= 11 is 0. The van der Waals surface area contributed by atoms with E-state index in [2.05, 4.69) is 53.8 Å². The van der Waals surface area contributed by atoms with E-state index >= 15 is 0 Å². The van der Waals surface area contributed by atoms with Gasteiger partial charge in [0.15, 0.2) is 0 Å². The largest absolute Gasteiger partial charge is 0.416 e. The van der Waals surface area contributed by atoms with Crippen LogP contribution in [0.15, 0.2) is 167 Å². The fourth-order valence-electron chi connectivity index (χ4n) is 8.15. The SMILES string of the molecule is FC(F)(F)c1ccc(-c2nnc(-c3cc(-n4c5ccccc5c5ccccc54)c(-n4c5ccccc5c5ccccc54)cc3-c3nnc(-c4ccc(C(F)(F)F)cc4)o3)o2)cc1. The summed E-state index contributed by atoms with van der Waals surface area (Å²) in [6.45, 7) is 0. The lowest BCUT2D eigenvalue weighted by Crippen LogP contribution is -2.05. The zero-order valence-electron chi connectivity index (χ0n) is 31.8. The van der Waals surface area contributed by atoms with Gasteiger partial charge in [-0.2, -0.15) is 26.3 Å². The number of nitrogens with zero attached hydrogens (tertiary/aromatic N) is 6. The predicted octanol–water partition coefficient (Wildman–Crippen LogP) is 13.4. The van der Waals surface area contributed by atoms with Gasteiger partial charge in [-0.1, -0.05) is 72.8 Å².